The fourth-order valence-electron chi connectivity index (χ4n) is 4.73. The summed E-state index contributed by atoms with van der Waals surface area (Å²) in [7, 11) is -3.61. The van der Waals surface area contributed by atoms with Crippen LogP contribution >= 0.6 is 11.6 Å². The maximum atomic E-state index is 13.3. The molecule has 8 nitrogen and oxygen atoms in total. The van der Waals surface area contributed by atoms with Gasteiger partial charge in [0.2, 0.25) is 10.0 Å². The number of unbranched alkanes of at least 4 members (excludes halogenated alkanes) is 1. The van der Waals surface area contributed by atoms with E-state index >= 15 is 0 Å². The molecule has 3 heterocycles. The van der Waals surface area contributed by atoms with E-state index < -0.39 is 10.0 Å². The van der Waals surface area contributed by atoms with Crippen molar-refractivity contribution in [3.8, 4) is 5.69 Å². The first-order chi connectivity index (χ1) is 17.9. The van der Waals surface area contributed by atoms with Gasteiger partial charge < -0.3 is 4.90 Å². The lowest BCUT2D eigenvalue weighted by Gasteiger charge is -2.24. The molecule has 0 unspecified atom stereocenters. The molecule has 1 aliphatic heterocycles. The number of fused-ring (bicyclic) bond motifs is 1. The number of hydrogen-bond acceptors (Lipinski definition) is 6. The van der Waals surface area contributed by atoms with Gasteiger partial charge in [0.15, 0.2) is 5.65 Å². The van der Waals surface area contributed by atoms with Crippen molar-refractivity contribution in [3.05, 3.63) is 71.1 Å². The van der Waals surface area contributed by atoms with Crippen LogP contribution in [0, 0.1) is 6.92 Å². The van der Waals surface area contributed by atoms with E-state index in [0.29, 0.717) is 37.6 Å². The van der Waals surface area contributed by atoms with Crippen molar-refractivity contribution in [1.29, 1.82) is 0 Å². The Hall–Kier alpha value is -3.01. The topological polar surface area (TPSA) is 84.2 Å². The third-order valence-electron chi connectivity index (χ3n) is 6.69. The molecule has 5 rings (SSSR count). The highest BCUT2D eigenvalue weighted by molar-refractivity contribution is 7.89. The van der Waals surface area contributed by atoms with Gasteiger partial charge in [-0.25, -0.2) is 23.1 Å². The van der Waals surface area contributed by atoms with Crippen LogP contribution < -0.4 is 4.90 Å². The monoisotopic (exact) mass is 538 g/mol. The van der Waals surface area contributed by atoms with E-state index in [1.165, 1.54) is 0 Å². The molecule has 0 atom stereocenters. The van der Waals surface area contributed by atoms with E-state index in [1.54, 1.807) is 28.6 Å². The molecule has 1 fully saturated rings. The molecule has 2 aromatic heterocycles. The zero-order valence-electron chi connectivity index (χ0n) is 21.1. The van der Waals surface area contributed by atoms with Crippen LogP contribution in [-0.4, -0.2) is 58.7 Å². The second kappa shape index (κ2) is 10.8. The summed E-state index contributed by atoms with van der Waals surface area (Å²) in [6.07, 6.45) is 3.52. The summed E-state index contributed by atoms with van der Waals surface area (Å²) in [5.41, 5.74) is 2.59. The average molecular weight is 539 g/mol. The summed E-state index contributed by atoms with van der Waals surface area (Å²) in [4.78, 5) is 12.4. The van der Waals surface area contributed by atoms with Gasteiger partial charge in [-0.05, 0) is 56.2 Å². The zero-order chi connectivity index (χ0) is 26.0. The van der Waals surface area contributed by atoms with Crippen LogP contribution in [0.1, 0.15) is 37.7 Å². The number of benzene rings is 2. The summed E-state index contributed by atoms with van der Waals surface area (Å²) >= 11 is 5.97. The minimum Gasteiger partial charge on any atom is -0.355 e. The van der Waals surface area contributed by atoms with Crippen molar-refractivity contribution < 1.29 is 8.42 Å². The number of aryl methyl sites for hydroxylation is 2. The maximum Gasteiger partial charge on any atom is 0.243 e. The molecule has 0 spiro atoms. The van der Waals surface area contributed by atoms with Crippen molar-refractivity contribution in [2.75, 3.05) is 31.1 Å². The molecule has 0 radical (unpaired) electrons. The van der Waals surface area contributed by atoms with E-state index in [9.17, 15) is 8.42 Å². The van der Waals surface area contributed by atoms with Crippen molar-refractivity contribution in [3.63, 3.8) is 0 Å². The maximum absolute atomic E-state index is 13.3. The summed E-state index contributed by atoms with van der Waals surface area (Å²) in [5.74, 6) is 1.62. The molecule has 0 N–H and O–H groups in total. The fraction of sp³-hybridized carbons (Fsp3) is 0.370. The standard InChI is InChI=1S/C27H31ClN6O2S/c1-3-4-11-24-29-26(25-20(2)31-34(27(25)30-24)22-9-6-5-7-10-22)32-16-8-17-33(19-18-32)37(35,36)23-14-12-21(28)13-15-23/h5-7,9-10,12-15H,3-4,8,11,16-19H2,1-2H3. The molecule has 1 saturated heterocycles. The van der Waals surface area contributed by atoms with E-state index in [-0.39, 0.29) is 4.90 Å². The van der Waals surface area contributed by atoms with Crippen LogP contribution in [0.4, 0.5) is 5.82 Å². The highest BCUT2D eigenvalue weighted by Crippen LogP contribution is 2.30. The van der Waals surface area contributed by atoms with Crippen molar-refractivity contribution >= 4 is 38.5 Å². The summed E-state index contributed by atoms with van der Waals surface area (Å²) < 4.78 is 30.1. The fourth-order valence-corrected chi connectivity index (χ4v) is 6.33. The SMILES string of the molecule is CCCCc1nc(N2CCCN(S(=O)(=O)c3ccc(Cl)cc3)CC2)c2c(C)nn(-c3ccccc3)c2n1. The number of para-hydroxylation sites is 1. The smallest absolute Gasteiger partial charge is 0.243 e. The van der Waals surface area contributed by atoms with E-state index in [1.807, 2.05) is 41.9 Å². The van der Waals surface area contributed by atoms with Gasteiger partial charge >= 0.3 is 0 Å². The summed E-state index contributed by atoms with van der Waals surface area (Å²) in [5, 5.41) is 6.26. The minimum absolute atomic E-state index is 0.261. The molecule has 0 saturated carbocycles. The van der Waals surface area contributed by atoms with Gasteiger partial charge in [-0.3, -0.25) is 0 Å². The first-order valence-electron chi connectivity index (χ1n) is 12.7. The number of sulfonamides is 1. The molecule has 10 heteroatoms. The van der Waals surface area contributed by atoms with Gasteiger partial charge in [-0.2, -0.15) is 9.40 Å². The zero-order valence-corrected chi connectivity index (χ0v) is 22.7. The summed E-state index contributed by atoms with van der Waals surface area (Å²) in [6.45, 7) is 6.18. The van der Waals surface area contributed by atoms with Crippen molar-refractivity contribution in [1.82, 2.24) is 24.1 Å². The third-order valence-corrected chi connectivity index (χ3v) is 8.85. The Balaban J connectivity index is 1.51. The Morgan fingerprint density at radius 2 is 1.70 bits per heavy atom. The molecule has 2 aromatic carbocycles. The molecule has 0 aliphatic carbocycles. The van der Waals surface area contributed by atoms with Gasteiger partial charge in [0.05, 0.1) is 21.7 Å². The van der Waals surface area contributed by atoms with Gasteiger partial charge in [-0.15, -0.1) is 0 Å². The highest BCUT2D eigenvalue weighted by atomic mass is 35.5. The minimum atomic E-state index is -3.61. The Kier molecular flexibility index (Phi) is 7.46. The van der Waals surface area contributed by atoms with E-state index in [2.05, 4.69) is 11.8 Å². The first kappa shape index (κ1) is 25.6. The lowest BCUT2D eigenvalue weighted by molar-refractivity contribution is 0.433. The second-order valence-corrected chi connectivity index (χ2v) is 11.7. The van der Waals surface area contributed by atoms with Crippen LogP contribution in [0.25, 0.3) is 16.7 Å². The Labute approximate surface area is 223 Å². The number of nitrogens with zero attached hydrogens (tertiary/aromatic N) is 6. The lowest BCUT2D eigenvalue weighted by Crippen LogP contribution is -2.35. The van der Waals surface area contributed by atoms with Gasteiger partial charge in [0.1, 0.15) is 11.6 Å². The van der Waals surface area contributed by atoms with Gasteiger partial charge in [0, 0.05) is 37.6 Å². The van der Waals surface area contributed by atoms with Crippen LogP contribution in [0.5, 0.6) is 0 Å². The Bertz CT molecular complexity index is 1490. The van der Waals surface area contributed by atoms with Gasteiger partial charge in [-0.1, -0.05) is 43.1 Å². The molecular weight excluding hydrogens is 508 g/mol. The average Bonchev–Trinajstić information content (AvgIpc) is 3.06. The third kappa shape index (κ3) is 5.21. The number of anilines is 1. The highest BCUT2D eigenvalue weighted by Gasteiger charge is 2.29. The molecule has 0 amide bonds. The normalized spacial score (nSPS) is 15.3. The molecule has 1 aliphatic rings. The van der Waals surface area contributed by atoms with Crippen molar-refractivity contribution in [2.24, 2.45) is 0 Å². The quantitative estimate of drug-likeness (QED) is 0.328. The molecule has 37 heavy (non-hydrogen) atoms. The van der Waals surface area contributed by atoms with Crippen LogP contribution in [0.15, 0.2) is 59.5 Å². The van der Waals surface area contributed by atoms with Gasteiger partial charge in [0.25, 0.3) is 0 Å². The number of rotatable bonds is 7. The van der Waals surface area contributed by atoms with Crippen LogP contribution in [0.2, 0.25) is 5.02 Å². The number of aromatic nitrogens is 4. The molecule has 194 valence electrons. The second-order valence-electron chi connectivity index (χ2n) is 9.30. The van der Waals surface area contributed by atoms with E-state index in [0.717, 1.165) is 53.3 Å². The van der Waals surface area contributed by atoms with Crippen molar-refractivity contribution in [2.45, 2.75) is 44.4 Å². The van der Waals surface area contributed by atoms with Crippen LogP contribution in [0.3, 0.4) is 0 Å². The molecule has 0 bridgehead atoms. The molecular formula is C27H31ClN6O2S. The Morgan fingerprint density at radius 3 is 2.43 bits per heavy atom. The molecule has 4 aromatic rings. The predicted molar refractivity (Wildman–Crippen MR) is 147 cm³/mol. The number of hydrogen-bond donors (Lipinski definition) is 0. The Morgan fingerprint density at radius 1 is 0.946 bits per heavy atom. The summed E-state index contributed by atoms with van der Waals surface area (Å²) in [6, 6.07) is 16.4. The van der Waals surface area contributed by atoms with E-state index in [4.69, 9.17) is 26.7 Å². The lowest BCUT2D eigenvalue weighted by atomic mass is 10.2. The first-order valence-corrected chi connectivity index (χ1v) is 14.5. The van der Waals surface area contributed by atoms with Crippen LogP contribution in [-0.2, 0) is 16.4 Å². The number of halogens is 1. The predicted octanol–water partition coefficient (Wildman–Crippen LogP) is 5.02. The largest absolute Gasteiger partial charge is 0.355 e.